The lowest BCUT2D eigenvalue weighted by molar-refractivity contribution is -0.137. The maximum absolute atomic E-state index is 11.3. The Labute approximate surface area is 95.0 Å². The molecule has 1 atom stereocenters. The van der Waals surface area contributed by atoms with Crippen LogP contribution in [0.1, 0.15) is 26.2 Å². The van der Waals surface area contributed by atoms with Crippen LogP contribution in [0.25, 0.3) is 0 Å². The van der Waals surface area contributed by atoms with Crippen molar-refractivity contribution in [3.8, 4) is 0 Å². The van der Waals surface area contributed by atoms with Crippen molar-refractivity contribution in [1.29, 1.82) is 0 Å². The summed E-state index contributed by atoms with van der Waals surface area (Å²) in [5.41, 5.74) is 0. The molecule has 0 radical (unpaired) electrons. The molecule has 0 aromatic heterocycles. The zero-order chi connectivity index (χ0) is 12.8. The van der Waals surface area contributed by atoms with E-state index in [0.717, 1.165) is 6.26 Å². The second-order valence-corrected chi connectivity index (χ2v) is 5.91. The molecule has 0 aromatic carbocycles. The van der Waals surface area contributed by atoms with Crippen molar-refractivity contribution in [2.75, 3.05) is 12.0 Å². The van der Waals surface area contributed by atoms with Crippen LogP contribution in [0.5, 0.6) is 0 Å². The van der Waals surface area contributed by atoms with E-state index in [-0.39, 0.29) is 18.6 Å². The van der Waals surface area contributed by atoms with E-state index in [1.54, 1.807) is 6.92 Å². The van der Waals surface area contributed by atoms with Crippen LogP contribution in [0, 0.1) is 0 Å². The summed E-state index contributed by atoms with van der Waals surface area (Å²) in [6, 6.07) is -0.440. The molecule has 0 aromatic rings. The Morgan fingerprint density at radius 2 is 1.94 bits per heavy atom. The van der Waals surface area contributed by atoms with Gasteiger partial charge in [-0.2, -0.15) is 0 Å². The summed E-state index contributed by atoms with van der Waals surface area (Å²) in [4.78, 5) is 21.7. The Morgan fingerprint density at radius 3 is 2.31 bits per heavy atom. The molecule has 6 nitrogen and oxygen atoms in total. The summed E-state index contributed by atoms with van der Waals surface area (Å²) in [5.74, 6) is -1.64. The van der Waals surface area contributed by atoms with E-state index in [1.165, 1.54) is 0 Å². The fourth-order valence-corrected chi connectivity index (χ4v) is 1.64. The summed E-state index contributed by atoms with van der Waals surface area (Å²) in [6.07, 6.45) is 1.27. The van der Waals surface area contributed by atoms with Gasteiger partial charge in [0.2, 0.25) is 5.91 Å². The van der Waals surface area contributed by atoms with E-state index >= 15 is 0 Å². The topological polar surface area (TPSA) is 101 Å². The van der Waals surface area contributed by atoms with Crippen molar-refractivity contribution in [2.24, 2.45) is 0 Å². The standard InChI is InChI=1S/C9H17NO5S/c1-3-7(6-9(12)13)10-8(11)4-5-16(2,14)15/h7H,3-6H2,1-2H3,(H,10,11)(H,12,13). The lowest BCUT2D eigenvalue weighted by Crippen LogP contribution is -2.36. The average molecular weight is 251 g/mol. The number of carbonyl (C=O) groups excluding carboxylic acids is 1. The second-order valence-electron chi connectivity index (χ2n) is 3.65. The predicted molar refractivity (Wildman–Crippen MR) is 58.8 cm³/mol. The third kappa shape index (κ3) is 8.22. The zero-order valence-corrected chi connectivity index (χ0v) is 10.2. The van der Waals surface area contributed by atoms with E-state index in [4.69, 9.17) is 5.11 Å². The number of carbonyl (C=O) groups is 2. The summed E-state index contributed by atoms with van der Waals surface area (Å²) < 4.78 is 21.6. The van der Waals surface area contributed by atoms with Crippen LogP contribution in [0.4, 0.5) is 0 Å². The highest BCUT2D eigenvalue weighted by Crippen LogP contribution is 1.99. The van der Waals surface area contributed by atoms with Crippen molar-refractivity contribution in [1.82, 2.24) is 5.32 Å². The molecular formula is C9H17NO5S. The van der Waals surface area contributed by atoms with Crippen LogP contribution in [0.15, 0.2) is 0 Å². The molecule has 1 amide bonds. The molecule has 0 spiro atoms. The summed E-state index contributed by atoms with van der Waals surface area (Å²) in [6.45, 7) is 1.75. The second kappa shape index (κ2) is 6.47. The number of aliphatic carboxylic acids is 1. The number of hydrogen-bond donors (Lipinski definition) is 2. The van der Waals surface area contributed by atoms with Gasteiger partial charge in [0.1, 0.15) is 9.84 Å². The van der Waals surface area contributed by atoms with Crippen molar-refractivity contribution in [3.63, 3.8) is 0 Å². The van der Waals surface area contributed by atoms with Gasteiger partial charge in [-0.25, -0.2) is 8.42 Å². The van der Waals surface area contributed by atoms with Crippen LogP contribution in [-0.2, 0) is 19.4 Å². The predicted octanol–water partition coefficient (Wildman–Crippen LogP) is -0.209. The highest BCUT2D eigenvalue weighted by molar-refractivity contribution is 7.90. The van der Waals surface area contributed by atoms with Crippen LogP contribution in [0.3, 0.4) is 0 Å². The minimum absolute atomic E-state index is 0.130. The van der Waals surface area contributed by atoms with Crippen molar-refractivity contribution >= 4 is 21.7 Å². The maximum atomic E-state index is 11.3. The molecule has 0 aliphatic carbocycles. The quantitative estimate of drug-likeness (QED) is 0.652. The van der Waals surface area contributed by atoms with E-state index in [1.807, 2.05) is 0 Å². The molecule has 0 heterocycles. The summed E-state index contributed by atoms with van der Waals surface area (Å²) >= 11 is 0. The highest BCUT2D eigenvalue weighted by atomic mass is 32.2. The zero-order valence-electron chi connectivity index (χ0n) is 9.39. The lowest BCUT2D eigenvalue weighted by atomic mass is 10.1. The monoisotopic (exact) mass is 251 g/mol. The number of sulfone groups is 1. The molecule has 0 saturated heterocycles. The minimum atomic E-state index is -3.16. The van der Waals surface area contributed by atoms with Gasteiger partial charge in [-0.3, -0.25) is 9.59 Å². The first-order valence-electron chi connectivity index (χ1n) is 4.93. The van der Waals surface area contributed by atoms with E-state index in [2.05, 4.69) is 5.32 Å². The third-order valence-corrected chi connectivity index (χ3v) is 2.92. The first kappa shape index (κ1) is 14.9. The van der Waals surface area contributed by atoms with Gasteiger partial charge in [-0.1, -0.05) is 6.92 Å². The number of rotatable bonds is 7. The molecular weight excluding hydrogens is 234 g/mol. The Kier molecular flexibility index (Phi) is 6.02. The molecule has 0 fully saturated rings. The Balaban J connectivity index is 4.06. The number of nitrogens with one attached hydrogen (secondary N) is 1. The molecule has 16 heavy (non-hydrogen) atoms. The Bertz CT molecular complexity index is 349. The smallest absolute Gasteiger partial charge is 0.305 e. The van der Waals surface area contributed by atoms with Crippen molar-refractivity contribution < 1.29 is 23.1 Å². The molecule has 0 rings (SSSR count). The van der Waals surface area contributed by atoms with Crippen LogP contribution in [-0.4, -0.2) is 43.5 Å². The number of amides is 1. The number of carboxylic acid groups (broad SMARTS) is 1. The highest BCUT2D eigenvalue weighted by Gasteiger charge is 2.15. The SMILES string of the molecule is CCC(CC(=O)O)NC(=O)CCS(C)(=O)=O. The van der Waals surface area contributed by atoms with Crippen LogP contribution in [0.2, 0.25) is 0 Å². The fourth-order valence-electron chi connectivity index (χ4n) is 1.09. The van der Waals surface area contributed by atoms with Gasteiger partial charge in [0.05, 0.1) is 12.2 Å². The third-order valence-electron chi connectivity index (χ3n) is 1.98. The molecule has 2 N–H and O–H groups in total. The molecule has 94 valence electrons. The van der Waals surface area contributed by atoms with E-state index < -0.39 is 27.8 Å². The van der Waals surface area contributed by atoms with E-state index in [9.17, 15) is 18.0 Å². The fraction of sp³-hybridized carbons (Fsp3) is 0.778. The van der Waals surface area contributed by atoms with Gasteiger partial charge in [-0.05, 0) is 6.42 Å². The van der Waals surface area contributed by atoms with Crippen molar-refractivity contribution in [2.45, 2.75) is 32.2 Å². The summed E-state index contributed by atoms with van der Waals surface area (Å²) in [7, 11) is -3.16. The molecule has 0 bridgehead atoms. The molecule has 0 saturated carbocycles. The largest absolute Gasteiger partial charge is 0.481 e. The van der Waals surface area contributed by atoms with Gasteiger partial charge in [-0.15, -0.1) is 0 Å². The number of hydrogen-bond acceptors (Lipinski definition) is 4. The first-order chi connectivity index (χ1) is 7.24. The first-order valence-corrected chi connectivity index (χ1v) is 6.99. The molecule has 0 aliphatic rings. The molecule has 1 unspecified atom stereocenters. The van der Waals surface area contributed by atoms with Gasteiger partial charge >= 0.3 is 5.97 Å². The van der Waals surface area contributed by atoms with Gasteiger partial charge in [0.15, 0.2) is 0 Å². The van der Waals surface area contributed by atoms with E-state index in [0.29, 0.717) is 6.42 Å². The number of carboxylic acids is 1. The van der Waals surface area contributed by atoms with Crippen molar-refractivity contribution in [3.05, 3.63) is 0 Å². The Hall–Kier alpha value is -1.11. The van der Waals surface area contributed by atoms with Gasteiger partial charge in [0.25, 0.3) is 0 Å². The van der Waals surface area contributed by atoms with Gasteiger partial charge in [0, 0.05) is 18.7 Å². The molecule has 0 aliphatic heterocycles. The maximum Gasteiger partial charge on any atom is 0.305 e. The van der Waals surface area contributed by atoms with Gasteiger partial charge < -0.3 is 10.4 Å². The average Bonchev–Trinajstić information content (AvgIpc) is 2.12. The lowest BCUT2D eigenvalue weighted by Gasteiger charge is -2.14. The molecule has 7 heteroatoms. The van der Waals surface area contributed by atoms with Crippen LogP contribution < -0.4 is 5.32 Å². The minimum Gasteiger partial charge on any atom is -0.481 e. The Morgan fingerprint density at radius 1 is 1.38 bits per heavy atom. The normalized spacial score (nSPS) is 13.1. The summed E-state index contributed by atoms with van der Waals surface area (Å²) in [5, 5.41) is 11.0. The van der Waals surface area contributed by atoms with Crippen LogP contribution >= 0.6 is 0 Å².